The van der Waals surface area contributed by atoms with Crippen molar-refractivity contribution in [2.45, 2.75) is 6.54 Å². The zero-order chi connectivity index (χ0) is 20.7. The number of para-hydroxylation sites is 2. The van der Waals surface area contributed by atoms with Gasteiger partial charge in [0.05, 0.1) is 43.8 Å². The Bertz CT molecular complexity index is 1330. The molecule has 0 unspecified atom stereocenters. The highest BCUT2D eigenvalue weighted by Crippen LogP contribution is 2.36. The largest absolute Gasteiger partial charge is 0.384 e. The average molecular weight is 386 g/mol. The van der Waals surface area contributed by atoms with Crippen molar-refractivity contribution in [2.75, 3.05) is 26.4 Å². The lowest BCUT2D eigenvalue weighted by atomic mass is 10.2. The van der Waals surface area contributed by atoms with Gasteiger partial charge in [0.2, 0.25) is 0 Å². The fraction of sp³-hybridized carbons (Fsp3) is 0.250. The van der Waals surface area contributed by atoms with Crippen molar-refractivity contribution in [3.8, 4) is 23.5 Å². The first-order chi connectivity index (χ1) is 14.0. The van der Waals surface area contributed by atoms with Crippen LogP contribution in [0, 0.1) is 22.7 Å². The molecule has 3 N–H and O–H groups in total. The van der Waals surface area contributed by atoms with Gasteiger partial charge in [-0.05, 0) is 12.1 Å². The van der Waals surface area contributed by atoms with E-state index in [1.54, 1.807) is 0 Å². The number of quaternary nitrogens is 1. The minimum atomic E-state index is -0.0181. The summed E-state index contributed by atoms with van der Waals surface area (Å²) >= 11 is 0. The van der Waals surface area contributed by atoms with Crippen LogP contribution in [0.2, 0.25) is 0 Å². The van der Waals surface area contributed by atoms with E-state index in [4.69, 9.17) is 10.7 Å². The molecule has 3 aromatic heterocycles. The first-order valence-corrected chi connectivity index (χ1v) is 9.17. The maximum Gasteiger partial charge on any atom is 0.179 e. The minimum Gasteiger partial charge on any atom is -0.384 e. The number of hydrogen-bond donors (Lipinski definition) is 2. The second-order valence-electron chi connectivity index (χ2n) is 7.17. The fourth-order valence-electron chi connectivity index (χ4n) is 3.46. The van der Waals surface area contributed by atoms with Gasteiger partial charge < -0.3 is 19.8 Å². The number of nitrogens with one attached hydrogen (secondary N) is 1. The molecule has 0 saturated heterocycles. The number of fused-ring (bicyclic) bond motifs is 2. The van der Waals surface area contributed by atoms with Crippen LogP contribution < -0.4 is 10.6 Å². The van der Waals surface area contributed by atoms with Crippen LogP contribution in [0.25, 0.3) is 33.6 Å². The van der Waals surface area contributed by atoms with E-state index in [0.29, 0.717) is 34.9 Å². The Hall–Kier alpha value is -3.95. The second-order valence-corrected chi connectivity index (χ2v) is 7.17. The van der Waals surface area contributed by atoms with Crippen LogP contribution in [-0.4, -0.2) is 44.7 Å². The van der Waals surface area contributed by atoms with E-state index in [0.717, 1.165) is 17.6 Å². The standard InChI is InChI=1S/C20H19N9/c1-27(2)8-9-29-18(23)16(17-20(29)26-14(11-22)13(10-21)24-17)19-25-12-6-4-5-7-15(12)28(19)3/h4-7H,8-9,23H2,1-3H3/p+1. The third-order valence-corrected chi connectivity index (χ3v) is 4.97. The molecule has 9 nitrogen and oxygen atoms in total. The van der Waals surface area contributed by atoms with Crippen molar-refractivity contribution in [1.82, 2.24) is 24.1 Å². The number of nitrogens with two attached hydrogens (primary N) is 1. The lowest BCUT2D eigenvalue weighted by Crippen LogP contribution is -3.06. The van der Waals surface area contributed by atoms with Gasteiger partial charge in [-0.25, -0.2) is 15.0 Å². The molecule has 0 bridgehead atoms. The van der Waals surface area contributed by atoms with Crippen molar-refractivity contribution in [2.24, 2.45) is 7.05 Å². The Labute approximate surface area is 167 Å². The summed E-state index contributed by atoms with van der Waals surface area (Å²) in [6.45, 7) is 1.40. The quantitative estimate of drug-likeness (QED) is 0.524. The van der Waals surface area contributed by atoms with Crippen LogP contribution in [0.3, 0.4) is 0 Å². The normalized spacial score (nSPS) is 11.2. The molecule has 0 radical (unpaired) electrons. The lowest BCUT2D eigenvalue weighted by Gasteiger charge is -2.10. The topological polar surface area (TPSA) is 127 Å². The van der Waals surface area contributed by atoms with Crippen LogP contribution in [0.5, 0.6) is 0 Å². The van der Waals surface area contributed by atoms with Crippen molar-refractivity contribution in [3.63, 3.8) is 0 Å². The summed E-state index contributed by atoms with van der Waals surface area (Å²) in [6, 6.07) is 11.7. The molecular weight excluding hydrogens is 366 g/mol. The van der Waals surface area contributed by atoms with E-state index < -0.39 is 0 Å². The molecule has 9 heteroatoms. The predicted octanol–water partition coefficient (Wildman–Crippen LogP) is 0.455. The molecule has 144 valence electrons. The maximum absolute atomic E-state index is 9.43. The summed E-state index contributed by atoms with van der Waals surface area (Å²) in [5, 5.41) is 18.8. The molecule has 0 saturated carbocycles. The number of aromatic nitrogens is 5. The zero-order valence-corrected chi connectivity index (χ0v) is 16.4. The zero-order valence-electron chi connectivity index (χ0n) is 16.4. The summed E-state index contributed by atoms with van der Waals surface area (Å²) in [6.07, 6.45) is 0. The molecule has 0 aliphatic heterocycles. The number of hydrogen-bond acceptors (Lipinski definition) is 6. The summed E-state index contributed by atoms with van der Waals surface area (Å²) in [4.78, 5) is 14.9. The third-order valence-electron chi connectivity index (χ3n) is 4.97. The monoisotopic (exact) mass is 386 g/mol. The molecule has 29 heavy (non-hydrogen) atoms. The molecule has 0 aliphatic rings. The van der Waals surface area contributed by atoms with Gasteiger partial charge in [-0.15, -0.1) is 0 Å². The summed E-state index contributed by atoms with van der Waals surface area (Å²) < 4.78 is 3.81. The van der Waals surface area contributed by atoms with E-state index >= 15 is 0 Å². The van der Waals surface area contributed by atoms with Gasteiger partial charge in [0.15, 0.2) is 17.0 Å². The number of nitrogen functional groups attached to an aromatic ring is 1. The summed E-state index contributed by atoms with van der Waals surface area (Å²) in [5.41, 5.74) is 9.93. The van der Waals surface area contributed by atoms with Crippen LogP contribution in [0.4, 0.5) is 5.82 Å². The molecule has 4 rings (SSSR count). The van der Waals surface area contributed by atoms with Crippen molar-refractivity contribution in [3.05, 3.63) is 35.7 Å². The summed E-state index contributed by atoms with van der Waals surface area (Å²) in [7, 11) is 6.02. The Morgan fingerprint density at radius 1 is 1.07 bits per heavy atom. The Morgan fingerprint density at radius 2 is 1.76 bits per heavy atom. The van der Waals surface area contributed by atoms with E-state index in [1.807, 2.05) is 52.6 Å². The highest BCUT2D eigenvalue weighted by molar-refractivity contribution is 5.99. The molecule has 4 aromatic rings. The molecule has 0 spiro atoms. The number of anilines is 1. The van der Waals surface area contributed by atoms with Gasteiger partial charge in [-0.2, -0.15) is 10.5 Å². The first kappa shape index (κ1) is 18.4. The number of rotatable bonds is 4. The molecule has 0 fully saturated rings. The van der Waals surface area contributed by atoms with Gasteiger partial charge >= 0.3 is 0 Å². The summed E-state index contributed by atoms with van der Waals surface area (Å²) in [5.74, 6) is 1.12. The number of benzene rings is 1. The van der Waals surface area contributed by atoms with Gasteiger partial charge in [-0.3, -0.25) is 0 Å². The maximum atomic E-state index is 9.43. The highest BCUT2D eigenvalue weighted by atomic mass is 15.2. The fourth-order valence-corrected chi connectivity index (χ4v) is 3.46. The highest BCUT2D eigenvalue weighted by Gasteiger charge is 2.25. The molecular formula is C20H20N9+. The number of nitriles is 2. The molecule has 0 aliphatic carbocycles. The number of nitrogens with zero attached hydrogens (tertiary/aromatic N) is 7. The molecule has 0 atom stereocenters. The van der Waals surface area contributed by atoms with Crippen LogP contribution in [0.15, 0.2) is 24.3 Å². The Kier molecular flexibility index (Phi) is 4.38. The first-order valence-electron chi connectivity index (χ1n) is 9.17. The van der Waals surface area contributed by atoms with Gasteiger partial charge in [0.1, 0.15) is 29.3 Å². The SMILES string of the molecule is Cn1c(-c2c(N)n(CC[NH+](C)C)c3nc(C#N)c(C#N)nc23)nc2ccccc21. The van der Waals surface area contributed by atoms with Crippen LogP contribution in [-0.2, 0) is 13.6 Å². The second kappa shape index (κ2) is 6.89. The van der Waals surface area contributed by atoms with Crippen LogP contribution >= 0.6 is 0 Å². The number of aryl methyl sites for hydroxylation is 1. The van der Waals surface area contributed by atoms with E-state index in [1.165, 1.54) is 4.90 Å². The molecule has 3 heterocycles. The smallest absolute Gasteiger partial charge is 0.179 e. The predicted molar refractivity (Wildman–Crippen MR) is 109 cm³/mol. The third kappa shape index (κ3) is 2.85. The average Bonchev–Trinajstić information content (AvgIpc) is 3.18. The van der Waals surface area contributed by atoms with Crippen molar-refractivity contribution in [1.29, 1.82) is 10.5 Å². The van der Waals surface area contributed by atoms with E-state index in [9.17, 15) is 10.5 Å². The van der Waals surface area contributed by atoms with Crippen molar-refractivity contribution >= 4 is 28.0 Å². The molecule has 1 aromatic carbocycles. The number of imidazole rings is 1. The lowest BCUT2D eigenvalue weighted by molar-refractivity contribution is -0.858. The van der Waals surface area contributed by atoms with Gasteiger partial charge in [0.25, 0.3) is 0 Å². The van der Waals surface area contributed by atoms with Gasteiger partial charge in [-0.1, -0.05) is 12.1 Å². The van der Waals surface area contributed by atoms with Gasteiger partial charge in [0, 0.05) is 7.05 Å². The van der Waals surface area contributed by atoms with Crippen molar-refractivity contribution < 1.29 is 4.90 Å². The van der Waals surface area contributed by atoms with Crippen LogP contribution in [0.1, 0.15) is 11.4 Å². The van der Waals surface area contributed by atoms with E-state index in [2.05, 4.69) is 24.1 Å². The Balaban J connectivity index is 2.07. The molecule has 0 amide bonds. The Morgan fingerprint density at radius 3 is 2.41 bits per heavy atom. The van der Waals surface area contributed by atoms with E-state index in [-0.39, 0.29) is 11.4 Å². The number of likely N-dealkylation sites (N-methyl/N-ethyl adjacent to an activating group) is 1. The minimum absolute atomic E-state index is 0.00694.